The second-order valence-corrected chi connectivity index (χ2v) is 3.55. The number of hydrogen-bond donors (Lipinski definition) is 4. The van der Waals surface area contributed by atoms with Crippen LogP contribution in [0.2, 0.25) is 0 Å². The first-order valence-electron chi connectivity index (χ1n) is 2.84. The SMILES string of the molecule is NCC[NH][Pt][NH]CCN. The van der Waals surface area contributed by atoms with Crippen molar-refractivity contribution in [2.75, 3.05) is 26.2 Å². The van der Waals surface area contributed by atoms with E-state index in [1.54, 1.807) is 0 Å². The summed E-state index contributed by atoms with van der Waals surface area (Å²) in [5.41, 5.74) is 10.5. The van der Waals surface area contributed by atoms with Crippen molar-refractivity contribution in [1.82, 2.24) is 7.75 Å². The average Bonchev–Trinajstić information content (AvgIpc) is 1.89. The van der Waals surface area contributed by atoms with Crippen LogP contribution < -0.4 is 19.2 Å². The Balaban J connectivity index is 2.60. The molecule has 0 aromatic carbocycles. The predicted molar refractivity (Wildman–Crippen MR) is 34.1 cm³/mol. The molecule has 5 heteroatoms. The molecule has 0 heterocycles. The maximum atomic E-state index is 5.25. The molecule has 0 aromatic heterocycles. The molecule has 0 aromatic rings. The van der Waals surface area contributed by atoms with E-state index in [1.165, 1.54) is 0 Å². The molecule has 4 nitrogen and oxygen atoms in total. The van der Waals surface area contributed by atoms with E-state index >= 15 is 0 Å². The number of nitrogens with two attached hydrogens (primary N) is 2. The molecule has 0 saturated heterocycles. The minimum absolute atomic E-state index is 0.0565. The van der Waals surface area contributed by atoms with Crippen molar-refractivity contribution < 1.29 is 19.1 Å². The molecule has 0 fully saturated rings. The zero-order valence-electron chi connectivity index (χ0n) is 5.30. The van der Waals surface area contributed by atoms with Crippen LogP contribution in [-0.4, -0.2) is 26.2 Å². The summed E-state index contributed by atoms with van der Waals surface area (Å²) < 4.78 is 6.38. The Bertz CT molecular complexity index is 45.8. The van der Waals surface area contributed by atoms with Crippen LogP contribution in [-0.2, 0) is 19.1 Å². The molecular weight excluding hydrogens is 299 g/mol. The zero-order valence-corrected chi connectivity index (χ0v) is 7.57. The van der Waals surface area contributed by atoms with Crippen molar-refractivity contribution in [2.45, 2.75) is 0 Å². The van der Waals surface area contributed by atoms with Crippen molar-refractivity contribution in [3.8, 4) is 0 Å². The van der Waals surface area contributed by atoms with Crippen molar-refractivity contribution in [3.05, 3.63) is 0 Å². The van der Waals surface area contributed by atoms with Crippen molar-refractivity contribution in [3.63, 3.8) is 0 Å². The fourth-order valence-corrected chi connectivity index (χ4v) is 1.72. The Morgan fingerprint density at radius 2 is 1.44 bits per heavy atom. The molecule has 0 spiro atoms. The molecule has 0 aliphatic rings. The first-order valence-corrected chi connectivity index (χ1v) is 5.11. The van der Waals surface area contributed by atoms with Crippen LogP contribution in [0.1, 0.15) is 0 Å². The molecule has 0 bridgehead atoms. The van der Waals surface area contributed by atoms with Gasteiger partial charge in [-0.05, 0) is 0 Å². The van der Waals surface area contributed by atoms with Gasteiger partial charge in [-0.2, -0.15) is 0 Å². The molecule has 6 N–H and O–H groups in total. The van der Waals surface area contributed by atoms with Gasteiger partial charge in [0.15, 0.2) is 0 Å². The van der Waals surface area contributed by atoms with E-state index < -0.39 is 0 Å². The average molecular weight is 313 g/mol. The number of nitrogens with one attached hydrogen (secondary N) is 2. The van der Waals surface area contributed by atoms with Gasteiger partial charge < -0.3 is 0 Å². The van der Waals surface area contributed by atoms with Gasteiger partial charge in [0.25, 0.3) is 0 Å². The standard InChI is InChI=1S/2C2H7N2.Pt/c2*3-1-2-4;/h2*3H,1-2,4H2;/q2*-1;+2. The van der Waals surface area contributed by atoms with E-state index in [2.05, 4.69) is 7.75 Å². The summed E-state index contributed by atoms with van der Waals surface area (Å²) in [5, 5.41) is 0. The minimum atomic E-state index is -0.0565. The molecule has 0 unspecified atom stereocenters. The normalized spacial score (nSPS) is 10.4. The van der Waals surface area contributed by atoms with E-state index in [-0.39, 0.29) is 19.1 Å². The Labute approximate surface area is 64.9 Å². The maximum absolute atomic E-state index is 5.25. The van der Waals surface area contributed by atoms with Crippen molar-refractivity contribution in [1.29, 1.82) is 0 Å². The third-order valence-corrected chi connectivity index (χ3v) is 2.50. The van der Waals surface area contributed by atoms with Crippen LogP contribution >= 0.6 is 0 Å². The second kappa shape index (κ2) is 8.53. The van der Waals surface area contributed by atoms with Gasteiger partial charge in [0.2, 0.25) is 0 Å². The molecule has 0 rings (SSSR count). The molecular formula is C4H14N4Pt. The predicted octanol–water partition coefficient (Wildman–Crippen LogP) is -2.00. The van der Waals surface area contributed by atoms with Crippen LogP contribution in [0, 0.1) is 0 Å². The molecule has 0 saturated carbocycles. The van der Waals surface area contributed by atoms with E-state index in [9.17, 15) is 0 Å². The Morgan fingerprint density at radius 1 is 1.00 bits per heavy atom. The summed E-state index contributed by atoms with van der Waals surface area (Å²) in [6.07, 6.45) is 0. The molecule has 60 valence electrons. The van der Waals surface area contributed by atoms with E-state index in [1.807, 2.05) is 0 Å². The summed E-state index contributed by atoms with van der Waals surface area (Å²) >= 11 is -0.0565. The van der Waals surface area contributed by atoms with E-state index in [0.717, 1.165) is 13.1 Å². The number of rotatable bonds is 6. The molecule has 0 aliphatic heterocycles. The van der Waals surface area contributed by atoms with Crippen molar-refractivity contribution >= 4 is 0 Å². The summed E-state index contributed by atoms with van der Waals surface area (Å²) in [5.74, 6) is 0. The topological polar surface area (TPSA) is 76.1 Å². The molecule has 0 amide bonds. The summed E-state index contributed by atoms with van der Waals surface area (Å²) in [4.78, 5) is 0. The van der Waals surface area contributed by atoms with Gasteiger partial charge in [0, 0.05) is 0 Å². The fourth-order valence-electron chi connectivity index (χ4n) is 0.210. The van der Waals surface area contributed by atoms with Gasteiger partial charge >= 0.3 is 64.5 Å². The first-order chi connectivity index (χ1) is 4.41. The van der Waals surface area contributed by atoms with Gasteiger partial charge in [-0.15, -0.1) is 0 Å². The van der Waals surface area contributed by atoms with Crippen LogP contribution in [0.3, 0.4) is 0 Å². The summed E-state index contributed by atoms with van der Waals surface area (Å²) in [7, 11) is 0. The third-order valence-electron chi connectivity index (χ3n) is 0.559. The van der Waals surface area contributed by atoms with E-state index in [4.69, 9.17) is 11.5 Å². The second-order valence-electron chi connectivity index (χ2n) is 1.38. The van der Waals surface area contributed by atoms with Crippen molar-refractivity contribution in [2.24, 2.45) is 11.5 Å². The Morgan fingerprint density at radius 3 is 1.78 bits per heavy atom. The Kier molecular flexibility index (Phi) is 9.03. The van der Waals surface area contributed by atoms with Crippen LogP contribution in [0.5, 0.6) is 0 Å². The van der Waals surface area contributed by atoms with Gasteiger partial charge in [0.1, 0.15) is 0 Å². The number of hydrogen-bond acceptors (Lipinski definition) is 4. The molecule has 0 aliphatic carbocycles. The van der Waals surface area contributed by atoms with Gasteiger partial charge in [-0.3, -0.25) is 0 Å². The van der Waals surface area contributed by atoms with Gasteiger partial charge in [-0.1, -0.05) is 0 Å². The first kappa shape index (κ1) is 9.53. The molecule has 9 heavy (non-hydrogen) atoms. The summed E-state index contributed by atoms with van der Waals surface area (Å²) in [6.45, 7) is 3.24. The quantitative estimate of drug-likeness (QED) is 0.428. The van der Waals surface area contributed by atoms with Gasteiger partial charge in [0.05, 0.1) is 0 Å². The molecule has 0 atom stereocenters. The monoisotopic (exact) mass is 313 g/mol. The van der Waals surface area contributed by atoms with Crippen LogP contribution in [0.4, 0.5) is 0 Å². The summed E-state index contributed by atoms with van der Waals surface area (Å²) in [6, 6.07) is 0. The van der Waals surface area contributed by atoms with Crippen LogP contribution in [0.15, 0.2) is 0 Å². The third kappa shape index (κ3) is 8.53. The fraction of sp³-hybridized carbons (Fsp3) is 1.00. The van der Waals surface area contributed by atoms with Gasteiger partial charge in [-0.25, -0.2) is 0 Å². The van der Waals surface area contributed by atoms with Crippen LogP contribution in [0.25, 0.3) is 0 Å². The Hall–Kier alpha value is 0.528. The van der Waals surface area contributed by atoms with E-state index in [0.29, 0.717) is 13.1 Å². The molecule has 0 radical (unpaired) electrons. The zero-order chi connectivity index (χ0) is 6.95.